The van der Waals surface area contributed by atoms with Crippen LogP contribution < -0.4 is 10.5 Å². The van der Waals surface area contributed by atoms with Gasteiger partial charge in [0, 0.05) is 12.2 Å². The van der Waals surface area contributed by atoms with E-state index in [2.05, 4.69) is 4.72 Å². The van der Waals surface area contributed by atoms with Crippen LogP contribution in [0.15, 0.2) is 41.3 Å². The first kappa shape index (κ1) is 15.8. The lowest BCUT2D eigenvalue weighted by molar-refractivity contribution is 0.580. The molecule has 0 bridgehead atoms. The molecule has 0 fully saturated rings. The van der Waals surface area contributed by atoms with Crippen LogP contribution >= 0.6 is 11.6 Å². The van der Waals surface area contributed by atoms with Crippen LogP contribution in [0.3, 0.4) is 0 Å². The summed E-state index contributed by atoms with van der Waals surface area (Å²) >= 11 is 5.66. The van der Waals surface area contributed by atoms with Gasteiger partial charge in [0.2, 0.25) is 10.0 Å². The van der Waals surface area contributed by atoms with Crippen molar-refractivity contribution in [3.63, 3.8) is 0 Å². The Labute approximate surface area is 127 Å². The van der Waals surface area contributed by atoms with E-state index in [0.29, 0.717) is 16.8 Å². The maximum atomic E-state index is 13.1. The highest BCUT2D eigenvalue weighted by Crippen LogP contribution is 2.21. The molecule has 112 valence electrons. The third-order valence-electron chi connectivity index (χ3n) is 3.07. The van der Waals surface area contributed by atoms with Gasteiger partial charge in [0.15, 0.2) is 0 Å². The van der Waals surface area contributed by atoms with Gasteiger partial charge in [-0.1, -0.05) is 23.7 Å². The van der Waals surface area contributed by atoms with Crippen LogP contribution in [-0.2, 0) is 16.6 Å². The molecule has 0 aliphatic rings. The van der Waals surface area contributed by atoms with Crippen LogP contribution in [0.1, 0.15) is 11.1 Å². The summed E-state index contributed by atoms with van der Waals surface area (Å²) in [7, 11) is -3.70. The van der Waals surface area contributed by atoms with Gasteiger partial charge in [-0.15, -0.1) is 0 Å². The lowest BCUT2D eigenvalue weighted by Gasteiger charge is -2.11. The van der Waals surface area contributed by atoms with E-state index in [1.165, 1.54) is 24.3 Å². The van der Waals surface area contributed by atoms with Gasteiger partial charge in [-0.05, 0) is 42.3 Å². The van der Waals surface area contributed by atoms with Crippen LogP contribution in [-0.4, -0.2) is 8.42 Å². The number of halogens is 2. The molecule has 0 atom stereocenters. The molecule has 0 amide bonds. The van der Waals surface area contributed by atoms with Crippen molar-refractivity contribution in [3.8, 4) is 0 Å². The zero-order chi connectivity index (χ0) is 15.6. The zero-order valence-electron chi connectivity index (χ0n) is 11.2. The molecule has 0 aromatic heterocycles. The van der Waals surface area contributed by atoms with E-state index in [9.17, 15) is 12.8 Å². The maximum absolute atomic E-state index is 13.1. The fraction of sp³-hybridized carbons (Fsp3) is 0.143. The van der Waals surface area contributed by atoms with Gasteiger partial charge in [0.1, 0.15) is 5.82 Å². The highest BCUT2D eigenvalue weighted by atomic mass is 35.5. The van der Waals surface area contributed by atoms with Crippen LogP contribution in [0, 0.1) is 12.7 Å². The summed E-state index contributed by atoms with van der Waals surface area (Å²) in [5.41, 5.74) is 7.16. The van der Waals surface area contributed by atoms with E-state index in [1.807, 2.05) is 0 Å². The first-order valence-corrected chi connectivity index (χ1v) is 7.96. The van der Waals surface area contributed by atoms with Crippen molar-refractivity contribution in [3.05, 3.63) is 58.4 Å². The van der Waals surface area contributed by atoms with Gasteiger partial charge < -0.3 is 5.73 Å². The average Bonchev–Trinajstić information content (AvgIpc) is 2.43. The van der Waals surface area contributed by atoms with E-state index >= 15 is 0 Å². The number of anilines is 1. The molecule has 0 spiro atoms. The van der Waals surface area contributed by atoms with Crippen LogP contribution in [0.5, 0.6) is 0 Å². The minimum absolute atomic E-state index is 0.0105. The van der Waals surface area contributed by atoms with Crippen molar-refractivity contribution in [2.45, 2.75) is 18.4 Å². The third-order valence-corrected chi connectivity index (χ3v) is 4.90. The van der Waals surface area contributed by atoms with Crippen molar-refractivity contribution >= 4 is 27.3 Å². The normalized spacial score (nSPS) is 11.6. The van der Waals surface area contributed by atoms with Crippen molar-refractivity contribution in [1.29, 1.82) is 0 Å². The molecule has 2 rings (SSSR count). The monoisotopic (exact) mass is 328 g/mol. The summed E-state index contributed by atoms with van der Waals surface area (Å²) in [6.07, 6.45) is 0. The van der Waals surface area contributed by atoms with Crippen molar-refractivity contribution in [2.24, 2.45) is 0 Å². The topological polar surface area (TPSA) is 72.2 Å². The number of sulfonamides is 1. The van der Waals surface area contributed by atoms with Gasteiger partial charge in [0.05, 0.1) is 9.92 Å². The number of rotatable bonds is 4. The van der Waals surface area contributed by atoms with Gasteiger partial charge >= 0.3 is 0 Å². The number of hydrogen-bond donors (Lipinski definition) is 2. The van der Waals surface area contributed by atoms with Gasteiger partial charge in [-0.2, -0.15) is 0 Å². The van der Waals surface area contributed by atoms with Crippen molar-refractivity contribution < 1.29 is 12.8 Å². The Morgan fingerprint density at radius 2 is 2.00 bits per heavy atom. The zero-order valence-corrected chi connectivity index (χ0v) is 12.8. The highest BCUT2D eigenvalue weighted by Gasteiger charge is 2.17. The fourth-order valence-electron chi connectivity index (χ4n) is 1.83. The molecular weight excluding hydrogens is 315 g/mol. The second kappa shape index (κ2) is 6.01. The average molecular weight is 329 g/mol. The predicted octanol–water partition coefficient (Wildman–Crippen LogP) is 2.85. The molecule has 3 N–H and O–H groups in total. The molecule has 0 radical (unpaired) electrons. The largest absolute Gasteiger partial charge is 0.398 e. The lowest BCUT2D eigenvalue weighted by Crippen LogP contribution is -2.24. The summed E-state index contributed by atoms with van der Waals surface area (Å²) < 4.78 is 40.0. The van der Waals surface area contributed by atoms with E-state index in [0.717, 1.165) is 0 Å². The summed E-state index contributed by atoms with van der Waals surface area (Å²) in [5, 5.41) is -0.0492. The van der Waals surface area contributed by atoms with E-state index in [4.69, 9.17) is 17.3 Å². The van der Waals surface area contributed by atoms with E-state index in [-0.39, 0.29) is 16.5 Å². The molecule has 7 heteroatoms. The minimum Gasteiger partial charge on any atom is -0.398 e. The molecule has 0 aliphatic heterocycles. The molecule has 0 saturated heterocycles. The second-order valence-electron chi connectivity index (χ2n) is 4.54. The lowest BCUT2D eigenvalue weighted by atomic mass is 10.2. The van der Waals surface area contributed by atoms with Crippen LogP contribution in [0.2, 0.25) is 5.02 Å². The molecule has 2 aromatic carbocycles. The molecule has 4 nitrogen and oxygen atoms in total. The molecule has 0 unspecified atom stereocenters. The van der Waals surface area contributed by atoms with Crippen LogP contribution in [0.25, 0.3) is 0 Å². The van der Waals surface area contributed by atoms with Gasteiger partial charge in [-0.3, -0.25) is 0 Å². The highest BCUT2D eigenvalue weighted by molar-refractivity contribution is 7.89. The molecule has 2 aromatic rings. The Kier molecular flexibility index (Phi) is 4.51. The first-order valence-electron chi connectivity index (χ1n) is 6.10. The second-order valence-corrected chi connectivity index (χ2v) is 6.69. The number of nitrogen functional groups attached to an aromatic ring is 1. The smallest absolute Gasteiger partial charge is 0.241 e. The van der Waals surface area contributed by atoms with Gasteiger partial charge in [-0.25, -0.2) is 17.5 Å². The standard InChI is InChI=1S/C14H14ClFN2O2S/c1-9-13(17)3-2-4-14(9)21(19,20)18-8-10-5-6-12(16)11(15)7-10/h2-7,18H,8,17H2,1H3. The predicted molar refractivity (Wildman–Crippen MR) is 81.0 cm³/mol. The Balaban J connectivity index is 2.22. The van der Waals surface area contributed by atoms with Gasteiger partial charge in [0.25, 0.3) is 0 Å². The molecular formula is C14H14ClFN2O2S. The van der Waals surface area contributed by atoms with E-state index in [1.54, 1.807) is 19.1 Å². The molecule has 0 heterocycles. The van der Waals surface area contributed by atoms with Crippen molar-refractivity contribution in [1.82, 2.24) is 4.72 Å². The number of nitrogens with one attached hydrogen (secondary N) is 1. The molecule has 0 saturated carbocycles. The SMILES string of the molecule is Cc1c(N)cccc1S(=O)(=O)NCc1ccc(F)c(Cl)c1. The Hall–Kier alpha value is -1.63. The summed E-state index contributed by atoms with van der Waals surface area (Å²) in [6.45, 7) is 1.65. The van der Waals surface area contributed by atoms with Crippen molar-refractivity contribution in [2.75, 3.05) is 5.73 Å². The fourth-order valence-corrected chi connectivity index (χ4v) is 3.32. The summed E-state index contributed by atoms with van der Waals surface area (Å²) in [4.78, 5) is 0.121. The summed E-state index contributed by atoms with van der Waals surface area (Å²) in [5.74, 6) is -0.546. The molecule has 0 aliphatic carbocycles. The van der Waals surface area contributed by atoms with Crippen LogP contribution in [0.4, 0.5) is 10.1 Å². The molecule has 21 heavy (non-hydrogen) atoms. The number of nitrogens with two attached hydrogens (primary N) is 1. The Morgan fingerprint density at radius 3 is 2.67 bits per heavy atom. The number of hydrogen-bond acceptors (Lipinski definition) is 3. The third kappa shape index (κ3) is 3.53. The maximum Gasteiger partial charge on any atom is 0.241 e. The number of benzene rings is 2. The van der Waals surface area contributed by atoms with E-state index < -0.39 is 15.8 Å². The first-order chi connectivity index (χ1) is 9.81. The minimum atomic E-state index is -3.70. The Bertz CT molecular complexity index is 779. The quantitative estimate of drug-likeness (QED) is 0.848. The Morgan fingerprint density at radius 1 is 1.29 bits per heavy atom. The summed E-state index contributed by atoms with van der Waals surface area (Å²) in [6, 6.07) is 8.73.